The van der Waals surface area contributed by atoms with Crippen molar-refractivity contribution in [3.05, 3.63) is 58.9 Å². The zero-order chi connectivity index (χ0) is 17.7. The topological polar surface area (TPSA) is 84.5 Å². The van der Waals surface area contributed by atoms with Gasteiger partial charge in [0.05, 0.1) is 4.90 Å². The molecule has 2 N–H and O–H groups in total. The van der Waals surface area contributed by atoms with Crippen LogP contribution in [0.15, 0.2) is 47.4 Å². The fraction of sp³-hybridized carbons (Fsp3) is 0.133. The minimum atomic E-state index is -4.00. The van der Waals surface area contributed by atoms with Crippen molar-refractivity contribution in [2.45, 2.75) is 11.8 Å². The maximum absolute atomic E-state index is 12.8. The van der Waals surface area contributed by atoms with Crippen LogP contribution < -0.4 is 10.2 Å². The zero-order valence-electron chi connectivity index (χ0n) is 12.5. The van der Waals surface area contributed by atoms with E-state index in [-0.39, 0.29) is 4.90 Å². The number of hydrogen-bond donors (Lipinski definition) is 2. The first kappa shape index (κ1) is 18.3. The van der Waals surface area contributed by atoms with Crippen molar-refractivity contribution in [1.29, 1.82) is 0 Å². The first-order valence-electron chi connectivity index (χ1n) is 6.74. The quantitative estimate of drug-likeness (QED) is 0.763. The van der Waals surface area contributed by atoms with Crippen molar-refractivity contribution < 1.29 is 22.4 Å². The number of halogens is 2. The van der Waals surface area contributed by atoms with Crippen LogP contribution in [-0.4, -0.2) is 20.9 Å². The molecule has 0 saturated carbocycles. The Hall–Kier alpha value is -2.00. The van der Waals surface area contributed by atoms with Gasteiger partial charge >= 0.3 is 0 Å². The van der Waals surface area contributed by atoms with Crippen LogP contribution in [0.25, 0.3) is 0 Å². The van der Waals surface area contributed by atoms with Crippen molar-refractivity contribution in [1.82, 2.24) is 4.89 Å². The highest BCUT2D eigenvalue weighted by Gasteiger charge is 2.15. The molecule has 0 fully saturated rings. The number of benzene rings is 2. The van der Waals surface area contributed by atoms with E-state index in [0.717, 1.165) is 24.3 Å². The molecule has 0 aromatic heterocycles. The third-order valence-electron chi connectivity index (χ3n) is 3.04. The number of hydrogen-bond acceptors (Lipinski definition) is 4. The molecule has 6 nitrogen and oxygen atoms in total. The molecular formula is C15H14ClFN2O4S. The van der Waals surface area contributed by atoms with Crippen LogP contribution in [0.4, 0.5) is 10.1 Å². The Morgan fingerprint density at radius 2 is 1.88 bits per heavy atom. The molecule has 0 bridgehead atoms. The summed E-state index contributed by atoms with van der Waals surface area (Å²) in [5.74, 6) is -1.13. The van der Waals surface area contributed by atoms with Crippen LogP contribution in [0, 0.1) is 12.7 Å². The van der Waals surface area contributed by atoms with Crippen molar-refractivity contribution in [2.24, 2.45) is 0 Å². The van der Waals surface area contributed by atoms with Gasteiger partial charge in [-0.1, -0.05) is 22.6 Å². The largest absolute Gasteiger partial charge is 0.324 e. The van der Waals surface area contributed by atoms with E-state index in [1.54, 1.807) is 30.0 Å². The summed E-state index contributed by atoms with van der Waals surface area (Å²) in [6, 6.07) is 9.17. The van der Waals surface area contributed by atoms with E-state index in [4.69, 9.17) is 16.4 Å². The van der Waals surface area contributed by atoms with Gasteiger partial charge in [-0.25, -0.2) is 12.8 Å². The second-order valence-electron chi connectivity index (χ2n) is 4.79. The molecule has 2 aromatic carbocycles. The van der Waals surface area contributed by atoms with Gasteiger partial charge in [0.25, 0.3) is 15.9 Å². The van der Waals surface area contributed by atoms with Crippen LogP contribution in [0.2, 0.25) is 5.02 Å². The van der Waals surface area contributed by atoms with Gasteiger partial charge in [0.15, 0.2) is 0 Å². The summed E-state index contributed by atoms with van der Waals surface area (Å²) in [6.45, 7) is 1.18. The number of carbonyl (C=O) groups excluding carboxylic acids is 1. The van der Waals surface area contributed by atoms with Gasteiger partial charge in [-0.05, 0) is 48.9 Å². The molecule has 0 atom stereocenters. The summed E-state index contributed by atoms with van der Waals surface area (Å²) in [6.07, 6.45) is 0. The molecule has 0 spiro atoms. The van der Waals surface area contributed by atoms with Gasteiger partial charge in [0, 0.05) is 10.7 Å². The fourth-order valence-electron chi connectivity index (χ4n) is 1.76. The lowest BCUT2D eigenvalue weighted by atomic mass is 10.2. The number of amides is 1. The summed E-state index contributed by atoms with van der Waals surface area (Å²) in [5, 5.41) is 3.04. The van der Waals surface area contributed by atoms with Gasteiger partial charge in [-0.3, -0.25) is 9.63 Å². The van der Waals surface area contributed by atoms with Crippen molar-refractivity contribution in [3.63, 3.8) is 0 Å². The second-order valence-corrected chi connectivity index (χ2v) is 6.84. The molecule has 0 heterocycles. The lowest BCUT2D eigenvalue weighted by Gasteiger charge is -2.10. The van der Waals surface area contributed by atoms with E-state index in [0.29, 0.717) is 16.3 Å². The van der Waals surface area contributed by atoms with Gasteiger partial charge in [-0.2, -0.15) is 0 Å². The first-order valence-corrected chi connectivity index (χ1v) is 8.60. The van der Waals surface area contributed by atoms with E-state index >= 15 is 0 Å². The van der Waals surface area contributed by atoms with Crippen molar-refractivity contribution in [2.75, 3.05) is 11.9 Å². The highest BCUT2D eigenvalue weighted by Crippen LogP contribution is 2.22. The average molecular weight is 373 g/mol. The molecule has 0 radical (unpaired) electrons. The monoisotopic (exact) mass is 372 g/mol. The van der Waals surface area contributed by atoms with Gasteiger partial charge in [0.2, 0.25) is 0 Å². The van der Waals surface area contributed by atoms with E-state index < -0.39 is 28.4 Å². The molecule has 0 aliphatic heterocycles. The number of sulfonamides is 1. The standard InChI is InChI=1S/C15H14ClFN2O4S/c1-10-13(16)3-2-4-14(10)18-15(20)9-23-19-24(21,22)12-7-5-11(17)6-8-12/h2-8,19H,9H2,1H3,(H,18,20). The van der Waals surface area contributed by atoms with Gasteiger partial charge in [-0.15, -0.1) is 0 Å². The van der Waals surface area contributed by atoms with Crippen molar-refractivity contribution >= 4 is 33.2 Å². The second kappa shape index (κ2) is 7.71. The smallest absolute Gasteiger partial charge is 0.262 e. The number of carbonyl (C=O) groups is 1. The summed E-state index contributed by atoms with van der Waals surface area (Å²) < 4.78 is 36.5. The van der Waals surface area contributed by atoms with Crippen molar-refractivity contribution in [3.8, 4) is 0 Å². The number of rotatable bonds is 6. The molecule has 0 aliphatic carbocycles. The fourth-order valence-corrected chi connectivity index (χ4v) is 2.74. The Morgan fingerprint density at radius 1 is 1.21 bits per heavy atom. The Kier molecular flexibility index (Phi) is 5.89. The van der Waals surface area contributed by atoms with E-state index in [1.807, 2.05) is 0 Å². The van der Waals surface area contributed by atoms with Gasteiger partial charge in [0.1, 0.15) is 12.4 Å². The molecule has 2 aromatic rings. The lowest BCUT2D eigenvalue weighted by Crippen LogP contribution is -2.29. The van der Waals surface area contributed by atoms with Crippen LogP contribution in [0.3, 0.4) is 0 Å². The molecular weight excluding hydrogens is 359 g/mol. The molecule has 9 heteroatoms. The summed E-state index contributed by atoms with van der Waals surface area (Å²) in [7, 11) is -4.00. The highest BCUT2D eigenvalue weighted by atomic mass is 35.5. The normalized spacial score (nSPS) is 11.3. The SMILES string of the molecule is Cc1c(Cl)cccc1NC(=O)CONS(=O)(=O)c1ccc(F)cc1. The Bertz CT molecular complexity index is 841. The molecule has 1 amide bonds. The average Bonchev–Trinajstić information content (AvgIpc) is 2.52. The summed E-state index contributed by atoms with van der Waals surface area (Å²) >= 11 is 5.94. The van der Waals surface area contributed by atoms with E-state index in [9.17, 15) is 17.6 Å². The number of anilines is 1. The molecule has 0 saturated heterocycles. The Balaban J connectivity index is 1.90. The predicted molar refractivity (Wildman–Crippen MR) is 87.5 cm³/mol. The first-order chi connectivity index (χ1) is 11.3. The summed E-state index contributed by atoms with van der Waals surface area (Å²) in [4.78, 5) is 18.1. The van der Waals surface area contributed by atoms with Crippen LogP contribution >= 0.6 is 11.6 Å². The third kappa shape index (κ3) is 4.75. The lowest BCUT2D eigenvalue weighted by molar-refractivity contribution is -0.121. The van der Waals surface area contributed by atoms with E-state index in [2.05, 4.69) is 5.32 Å². The number of nitrogens with one attached hydrogen (secondary N) is 2. The van der Waals surface area contributed by atoms with Crippen LogP contribution in [-0.2, 0) is 19.7 Å². The molecule has 0 unspecified atom stereocenters. The maximum atomic E-state index is 12.8. The highest BCUT2D eigenvalue weighted by molar-refractivity contribution is 7.89. The minimum Gasteiger partial charge on any atom is -0.324 e. The van der Waals surface area contributed by atoms with Crippen LogP contribution in [0.1, 0.15) is 5.56 Å². The predicted octanol–water partition coefficient (Wildman–Crippen LogP) is 2.64. The minimum absolute atomic E-state index is 0.185. The zero-order valence-corrected chi connectivity index (χ0v) is 14.1. The van der Waals surface area contributed by atoms with E-state index in [1.165, 1.54) is 0 Å². The maximum Gasteiger partial charge on any atom is 0.262 e. The molecule has 2 rings (SSSR count). The third-order valence-corrected chi connectivity index (χ3v) is 4.68. The Morgan fingerprint density at radius 3 is 2.54 bits per heavy atom. The molecule has 128 valence electrons. The summed E-state index contributed by atoms with van der Waals surface area (Å²) in [5.41, 5.74) is 1.18. The van der Waals surface area contributed by atoms with Gasteiger partial charge < -0.3 is 5.32 Å². The molecule has 0 aliphatic rings. The molecule has 24 heavy (non-hydrogen) atoms. The van der Waals surface area contributed by atoms with Crippen LogP contribution in [0.5, 0.6) is 0 Å². The Labute approximate surface area is 143 Å².